The van der Waals surface area contributed by atoms with Gasteiger partial charge in [0.15, 0.2) is 5.69 Å². The molecule has 0 fully saturated rings. The molecular formula is C19H18N4O3. The number of anilines is 1. The number of aryl methyl sites for hydroxylation is 1. The van der Waals surface area contributed by atoms with E-state index in [2.05, 4.69) is 20.4 Å². The minimum atomic E-state index is -0.470. The summed E-state index contributed by atoms with van der Waals surface area (Å²) in [6.45, 7) is 3.78. The molecule has 0 aliphatic heterocycles. The molecular weight excluding hydrogens is 332 g/mol. The Labute approximate surface area is 150 Å². The normalized spacial score (nSPS) is 10.4. The highest BCUT2D eigenvalue weighted by atomic mass is 16.5. The van der Waals surface area contributed by atoms with Crippen molar-refractivity contribution in [3.8, 4) is 5.69 Å². The Morgan fingerprint density at radius 3 is 2.50 bits per heavy atom. The molecule has 132 valence electrons. The van der Waals surface area contributed by atoms with E-state index in [-0.39, 0.29) is 5.69 Å². The molecule has 0 unspecified atom stereocenters. The Morgan fingerprint density at radius 1 is 1.08 bits per heavy atom. The largest absolute Gasteiger partial charge is 0.465 e. The number of aromatic nitrogens is 3. The second-order valence-corrected chi connectivity index (χ2v) is 5.80. The molecule has 1 aromatic heterocycles. The summed E-state index contributed by atoms with van der Waals surface area (Å²) in [5.74, 6) is -0.870. The smallest absolute Gasteiger partial charge is 0.337 e. The van der Waals surface area contributed by atoms with Crippen molar-refractivity contribution in [2.45, 2.75) is 13.8 Å². The summed E-state index contributed by atoms with van der Waals surface area (Å²) in [6.07, 6.45) is 0. The van der Waals surface area contributed by atoms with E-state index in [1.54, 1.807) is 35.9 Å². The maximum atomic E-state index is 12.5. The lowest BCUT2D eigenvalue weighted by Crippen LogP contribution is -2.14. The molecule has 3 aromatic rings. The molecule has 0 aliphatic rings. The van der Waals surface area contributed by atoms with E-state index in [9.17, 15) is 9.59 Å². The number of nitrogens with zero attached hydrogens (tertiary/aromatic N) is 3. The van der Waals surface area contributed by atoms with E-state index in [4.69, 9.17) is 0 Å². The van der Waals surface area contributed by atoms with Crippen LogP contribution in [0.15, 0.2) is 48.5 Å². The van der Waals surface area contributed by atoms with Crippen molar-refractivity contribution in [1.29, 1.82) is 0 Å². The first-order valence-corrected chi connectivity index (χ1v) is 7.98. The summed E-state index contributed by atoms with van der Waals surface area (Å²) in [6, 6.07) is 14.3. The molecule has 7 heteroatoms. The standard InChI is InChI=1S/C19H18N4O3/c1-12-7-9-16(10-8-12)23-13(2)17(21-22-23)18(24)20-15-6-4-5-14(11-15)19(25)26-3/h4-11H,1-3H3,(H,20,24). The molecule has 3 rings (SSSR count). The van der Waals surface area contributed by atoms with Gasteiger partial charge in [0.1, 0.15) is 0 Å². The molecule has 0 saturated carbocycles. The molecule has 0 radical (unpaired) electrons. The number of hydrogen-bond acceptors (Lipinski definition) is 5. The maximum Gasteiger partial charge on any atom is 0.337 e. The van der Waals surface area contributed by atoms with E-state index in [1.165, 1.54) is 7.11 Å². The zero-order chi connectivity index (χ0) is 18.7. The predicted molar refractivity (Wildman–Crippen MR) is 96.6 cm³/mol. The third-order valence-electron chi connectivity index (χ3n) is 3.93. The monoisotopic (exact) mass is 350 g/mol. The van der Waals surface area contributed by atoms with Crippen LogP contribution in [-0.4, -0.2) is 34.0 Å². The number of ether oxygens (including phenoxy) is 1. The number of amides is 1. The van der Waals surface area contributed by atoms with Gasteiger partial charge in [0.2, 0.25) is 0 Å². The van der Waals surface area contributed by atoms with Crippen LogP contribution in [0.4, 0.5) is 5.69 Å². The van der Waals surface area contributed by atoms with Crippen molar-refractivity contribution in [3.05, 3.63) is 71.0 Å². The average molecular weight is 350 g/mol. The summed E-state index contributed by atoms with van der Waals surface area (Å²) >= 11 is 0. The molecule has 0 bridgehead atoms. The Bertz CT molecular complexity index is 961. The van der Waals surface area contributed by atoms with Crippen LogP contribution in [0.2, 0.25) is 0 Å². The first-order chi connectivity index (χ1) is 12.5. The van der Waals surface area contributed by atoms with Crippen molar-refractivity contribution in [1.82, 2.24) is 15.0 Å². The second kappa shape index (κ2) is 7.18. The van der Waals surface area contributed by atoms with Crippen LogP contribution >= 0.6 is 0 Å². The second-order valence-electron chi connectivity index (χ2n) is 5.80. The lowest BCUT2D eigenvalue weighted by atomic mass is 10.2. The van der Waals surface area contributed by atoms with Gasteiger partial charge in [-0.05, 0) is 44.2 Å². The number of esters is 1. The molecule has 7 nitrogen and oxygen atoms in total. The maximum absolute atomic E-state index is 12.5. The van der Waals surface area contributed by atoms with Crippen molar-refractivity contribution in [2.24, 2.45) is 0 Å². The molecule has 1 N–H and O–H groups in total. The number of methoxy groups -OCH3 is 1. The van der Waals surface area contributed by atoms with Crippen LogP contribution in [0.1, 0.15) is 32.1 Å². The number of hydrogen-bond donors (Lipinski definition) is 1. The van der Waals surface area contributed by atoms with Gasteiger partial charge in [-0.15, -0.1) is 5.10 Å². The minimum absolute atomic E-state index is 0.217. The van der Waals surface area contributed by atoms with E-state index in [0.29, 0.717) is 16.9 Å². The third-order valence-corrected chi connectivity index (χ3v) is 3.93. The van der Waals surface area contributed by atoms with Crippen LogP contribution in [0, 0.1) is 13.8 Å². The molecule has 2 aromatic carbocycles. The van der Waals surface area contributed by atoms with Crippen molar-refractivity contribution >= 4 is 17.6 Å². The Balaban J connectivity index is 1.83. The Hall–Kier alpha value is -3.48. The van der Waals surface area contributed by atoms with Crippen LogP contribution in [0.25, 0.3) is 5.69 Å². The van der Waals surface area contributed by atoms with Crippen LogP contribution in [0.5, 0.6) is 0 Å². The van der Waals surface area contributed by atoms with Gasteiger partial charge >= 0.3 is 5.97 Å². The van der Waals surface area contributed by atoms with Gasteiger partial charge in [-0.3, -0.25) is 4.79 Å². The average Bonchev–Trinajstić information content (AvgIpc) is 3.03. The Morgan fingerprint density at radius 2 is 1.81 bits per heavy atom. The topological polar surface area (TPSA) is 86.1 Å². The number of benzene rings is 2. The SMILES string of the molecule is COC(=O)c1cccc(NC(=O)c2nnn(-c3ccc(C)cc3)c2C)c1. The fourth-order valence-corrected chi connectivity index (χ4v) is 2.50. The lowest BCUT2D eigenvalue weighted by molar-refractivity contribution is 0.0600. The van der Waals surface area contributed by atoms with E-state index in [0.717, 1.165) is 11.3 Å². The van der Waals surface area contributed by atoms with Crippen LogP contribution in [-0.2, 0) is 4.74 Å². The zero-order valence-corrected chi connectivity index (χ0v) is 14.7. The summed E-state index contributed by atoms with van der Waals surface area (Å²) in [7, 11) is 1.31. The number of nitrogens with one attached hydrogen (secondary N) is 1. The summed E-state index contributed by atoms with van der Waals surface area (Å²) in [5.41, 5.74) is 3.62. The van der Waals surface area contributed by atoms with Gasteiger partial charge in [0.25, 0.3) is 5.91 Å². The highest BCUT2D eigenvalue weighted by Crippen LogP contribution is 2.16. The van der Waals surface area contributed by atoms with Gasteiger partial charge in [-0.1, -0.05) is 29.0 Å². The molecule has 0 atom stereocenters. The van der Waals surface area contributed by atoms with Crippen molar-refractivity contribution in [3.63, 3.8) is 0 Å². The quantitative estimate of drug-likeness (QED) is 0.731. The third kappa shape index (κ3) is 3.46. The van der Waals surface area contributed by atoms with Gasteiger partial charge in [-0.25, -0.2) is 9.48 Å². The lowest BCUT2D eigenvalue weighted by Gasteiger charge is -2.06. The first-order valence-electron chi connectivity index (χ1n) is 7.98. The first kappa shape index (κ1) is 17.3. The summed E-state index contributed by atoms with van der Waals surface area (Å²) < 4.78 is 6.29. The molecule has 1 heterocycles. The van der Waals surface area contributed by atoms with Gasteiger partial charge < -0.3 is 10.1 Å². The van der Waals surface area contributed by atoms with E-state index < -0.39 is 11.9 Å². The highest BCUT2D eigenvalue weighted by molar-refractivity contribution is 6.04. The number of rotatable bonds is 4. The molecule has 26 heavy (non-hydrogen) atoms. The molecule has 0 spiro atoms. The van der Waals surface area contributed by atoms with Gasteiger partial charge in [0.05, 0.1) is 24.1 Å². The highest BCUT2D eigenvalue weighted by Gasteiger charge is 2.18. The number of carbonyl (C=O) groups excluding carboxylic acids is 2. The van der Waals surface area contributed by atoms with Crippen LogP contribution in [0.3, 0.4) is 0 Å². The minimum Gasteiger partial charge on any atom is -0.465 e. The van der Waals surface area contributed by atoms with Gasteiger partial charge in [0, 0.05) is 5.69 Å². The predicted octanol–water partition coefficient (Wildman–Crippen LogP) is 2.92. The molecule has 0 saturated heterocycles. The fraction of sp³-hybridized carbons (Fsp3) is 0.158. The van der Waals surface area contributed by atoms with Crippen molar-refractivity contribution in [2.75, 3.05) is 12.4 Å². The van der Waals surface area contributed by atoms with Gasteiger partial charge in [-0.2, -0.15) is 0 Å². The van der Waals surface area contributed by atoms with E-state index in [1.807, 2.05) is 31.2 Å². The Kier molecular flexibility index (Phi) is 4.79. The number of carbonyl (C=O) groups is 2. The summed E-state index contributed by atoms with van der Waals surface area (Å²) in [4.78, 5) is 24.1. The fourth-order valence-electron chi connectivity index (χ4n) is 2.50. The van der Waals surface area contributed by atoms with Crippen LogP contribution < -0.4 is 5.32 Å². The molecule has 1 amide bonds. The van der Waals surface area contributed by atoms with Crippen molar-refractivity contribution < 1.29 is 14.3 Å². The zero-order valence-electron chi connectivity index (χ0n) is 14.7. The van der Waals surface area contributed by atoms with E-state index >= 15 is 0 Å². The molecule has 0 aliphatic carbocycles. The summed E-state index contributed by atoms with van der Waals surface area (Å²) in [5, 5.41) is 10.8.